The van der Waals surface area contributed by atoms with Gasteiger partial charge in [0, 0.05) is 16.5 Å². The van der Waals surface area contributed by atoms with Gasteiger partial charge in [-0.05, 0) is 67.8 Å². The Bertz CT molecular complexity index is 850. The molecule has 0 bridgehead atoms. The summed E-state index contributed by atoms with van der Waals surface area (Å²) in [5.74, 6) is 1.06. The van der Waals surface area contributed by atoms with Crippen LogP contribution in [0.15, 0.2) is 47.4 Å². The van der Waals surface area contributed by atoms with E-state index >= 15 is 0 Å². The van der Waals surface area contributed by atoms with Gasteiger partial charge in [-0.15, -0.1) is 0 Å². The quantitative estimate of drug-likeness (QED) is 0.491. The molecule has 0 saturated heterocycles. The molecule has 7 heteroatoms. The van der Waals surface area contributed by atoms with Crippen molar-refractivity contribution in [1.29, 1.82) is 0 Å². The minimum atomic E-state index is 0.375. The van der Waals surface area contributed by atoms with Gasteiger partial charge in [0.25, 0.3) is 6.47 Å². The number of halogens is 1. The first-order valence-electron chi connectivity index (χ1n) is 8.16. The standard InChI is InChI=1S/C17H18ClN3S.C2H4O2/c1-3-21-16-9-4-12(2)10-15(16)20-17(21)11-19-22-14-7-5-13(18)6-8-14;1-4-2-3/h4-10,19H,3,11H2,1-2H3;2H,1H3. The number of methoxy groups -OCH3 is 1. The second kappa shape index (κ2) is 10.2. The summed E-state index contributed by atoms with van der Waals surface area (Å²) in [5.41, 5.74) is 3.50. The van der Waals surface area contributed by atoms with Crippen molar-refractivity contribution in [3.05, 3.63) is 58.9 Å². The summed E-state index contributed by atoms with van der Waals surface area (Å²) in [6.45, 7) is 6.26. The Labute approximate surface area is 162 Å². The molecular formula is C19H22ClN3O2S. The van der Waals surface area contributed by atoms with Crippen LogP contribution in [-0.4, -0.2) is 23.1 Å². The van der Waals surface area contributed by atoms with E-state index in [9.17, 15) is 0 Å². The predicted molar refractivity (Wildman–Crippen MR) is 107 cm³/mol. The van der Waals surface area contributed by atoms with E-state index in [0.29, 0.717) is 6.47 Å². The first kappa shape index (κ1) is 20.3. The van der Waals surface area contributed by atoms with Crippen molar-refractivity contribution in [2.75, 3.05) is 7.11 Å². The number of hydrogen-bond donors (Lipinski definition) is 1. The molecule has 2 aromatic carbocycles. The molecule has 0 amide bonds. The number of aromatic nitrogens is 2. The van der Waals surface area contributed by atoms with Gasteiger partial charge in [-0.2, -0.15) is 0 Å². The van der Waals surface area contributed by atoms with E-state index in [1.807, 2.05) is 24.3 Å². The average molecular weight is 392 g/mol. The number of carbonyl (C=O) groups excluding carboxylic acids is 1. The zero-order valence-corrected chi connectivity index (χ0v) is 16.6. The van der Waals surface area contributed by atoms with Crippen LogP contribution < -0.4 is 4.72 Å². The fourth-order valence-electron chi connectivity index (χ4n) is 2.46. The molecule has 0 atom stereocenters. The second-order valence-electron chi connectivity index (χ2n) is 5.47. The van der Waals surface area contributed by atoms with E-state index in [0.717, 1.165) is 34.3 Å². The monoisotopic (exact) mass is 391 g/mol. The molecule has 0 spiro atoms. The fourth-order valence-corrected chi connectivity index (χ4v) is 3.23. The molecular weight excluding hydrogens is 370 g/mol. The summed E-state index contributed by atoms with van der Waals surface area (Å²) in [7, 11) is 1.31. The number of aryl methyl sites for hydroxylation is 2. The molecule has 0 radical (unpaired) electrons. The molecule has 0 aliphatic heterocycles. The van der Waals surface area contributed by atoms with Crippen molar-refractivity contribution >= 4 is 41.1 Å². The van der Waals surface area contributed by atoms with E-state index in [4.69, 9.17) is 21.4 Å². The van der Waals surface area contributed by atoms with Gasteiger partial charge in [0.05, 0.1) is 24.7 Å². The van der Waals surface area contributed by atoms with Crippen molar-refractivity contribution in [3.63, 3.8) is 0 Å². The molecule has 138 valence electrons. The number of imidazole rings is 1. The van der Waals surface area contributed by atoms with Crippen LogP contribution in [0.25, 0.3) is 11.0 Å². The van der Waals surface area contributed by atoms with Crippen LogP contribution in [0.1, 0.15) is 18.3 Å². The van der Waals surface area contributed by atoms with E-state index in [2.05, 4.69) is 46.1 Å². The van der Waals surface area contributed by atoms with Gasteiger partial charge in [-0.3, -0.25) is 9.52 Å². The molecule has 0 unspecified atom stereocenters. The molecule has 1 heterocycles. The third-order valence-corrected chi connectivity index (χ3v) is 4.68. The van der Waals surface area contributed by atoms with Gasteiger partial charge in [-0.25, -0.2) is 4.98 Å². The van der Waals surface area contributed by atoms with E-state index < -0.39 is 0 Å². The lowest BCUT2D eigenvalue weighted by Gasteiger charge is -2.07. The van der Waals surface area contributed by atoms with Crippen LogP contribution in [0.4, 0.5) is 0 Å². The Morgan fingerprint density at radius 1 is 1.27 bits per heavy atom. The van der Waals surface area contributed by atoms with Gasteiger partial charge in [0.2, 0.25) is 0 Å². The van der Waals surface area contributed by atoms with Crippen LogP contribution in [0.2, 0.25) is 5.02 Å². The van der Waals surface area contributed by atoms with Crippen LogP contribution >= 0.6 is 23.5 Å². The molecule has 1 N–H and O–H groups in total. The highest BCUT2D eigenvalue weighted by molar-refractivity contribution is 7.97. The summed E-state index contributed by atoms with van der Waals surface area (Å²) in [6.07, 6.45) is 0. The zero-order chi connectivity index (χ0) is 18.9. The second-order valence-corrected chi connectivity index (χ2v) is 6.87. The molecule has 0 fully saturated rings. The summed E-state index contributed by atoms with van der Waals surface area (Å²) >= 11 is 7.49. The third kappa shape index (κ3) is 5.49. The number of nitrogens with zero attached hydrogens (tertiary/aromatic N) is 2. The van der Waals surface area contributed by atoms with E-state index in [1.54, 1.807) is 11.9 Å². The Morgan fingerprint density at radius 3 is 2.58 bits per heavy atom. The van der Waals surface area contributed by atoms with E-state index in [1.165, 1.54) is 18.2 Å². The maximum absolute atomic E-state index is 8.95. The highest BCUT2D eigenvalue weighted by atomic mass is 35.5. The number of benzene rings is 2. The topological polar surface area (TPSA) is 56.1 Å². The smallest absolute Gasteiger partial charge is 0.292 e. The molecule has 0 aliphatic carbocycles. The van der Waals surface area contributed by atoms with Gasteiger partial charge < -0.3 is 9.30 Å². The van der Waals surface area contributed by atoms with Crippen molar-refractivity contribution in [1.82, 2.24) is 14.3 Å². The summed E-state index contributed by atoms with van der Waals surface area (Å²) in [6, 6.07) is 14.2. The predicted octanol–water partition coefficient (Wildman–Crippen LogP) is 4.60. The number of fused-ring (bicyclic) bond motifs is 1. The van der Waals surface area contributed by atoms with Crippen molar-refractivity contribution in [2.24, 2.45) is 0 Å². The maximum Gasteiger partial charge on any atom is 0.292 e. The summed E-state index contributed by atoms with van der Waals surface area (Å²) in [5, 5.41) is 0.757. The van der Waals surface area contributed by atoms with Crippen LogP contribution in [0.3, 0.4) is 0 Å². The maximum atomic E-state index is 8.95. The van der Waals surface area contributed by atoms with Crippen molar-refractivity contribution < 1.29 is 9.53 Å². The molecule has 5 nitrogen and oxygen atoms in total. The first-order valence-corrected chi connectivity index (χ1v) is 9.36. The van der Waals surface area contributed by atoms with Gasteiger partial charge in [0.1, 0.15) is 5.82 Å². The Morgan fingerprint density at radius 2 is 1.96 bits per heavy atom. The van der Waals surface area contributed by atoms with Crippen LogP contribution in [0, 0.1) is 6.92 Å². The number of carbonyl (C=O) groups is 1. The normalized spacial score (nSPS) is 10.3. The van der Waals surface area contributed by atoms with Crippen molar-refractivity contribution in [2.45, 2.75) is 31.8 Å². The minimum absolute atomic E-state index is 0.375. The lowest BCUT2D eigenvalue weighted by molar-refractivity contribution is -0.126. The lowest BCUT2D eigenvalue weighted by atomic mass is 10.2. The van der Waals surface area contributed by atoms with Gasteiger partial charge in [-0.1, -0.05) is 17.7 Å². The van der Waals surface area contributed by atoms with Crippen molar-refractivity contribution in [3.8, 4) is 0 Å². The highest BCUT2D eigenvalue weighted by Crippen LogP contribution is 2.20. The van der Waals surface area contributed by atoms with Crippen LogP contribution in [-0.2, 0) is 22.6 Å². The largest absolute Gasteiger partial charge is 0.471 e. The Balaban J connectivity index is 0.000000552. The van der Waals surface area contributed by atoms with Gasteiger partial charge >= 0.3 is 0 Å². The number of hydrogen-bond acceptors (Lipinski definition) is 5. The molecule has 0 saturated carbocycles. The lowest BCUT2D eigenvalue weighted by Crippen LogP contribution is -2.10. The molecule has 0 aliphatic rings. The number of ether oxygens (including phenoxy) is 1. The first-order chi connectivity index (χ1) is 12.6. The van der Waals surface area contributed by atoms with Crippen LogP contribution in [0.5, 0.6) is 0 Å². The molecule has 3 rings (SSSR count). The Hall–Kier alpha value is -2.02. The summed E-state index contributed by atoms with van der Waals surface area (Å²) < 4.78 is 9.49. The SMILES string of the molecule is CCn1c(CNSc2ccc(Cl)cc2)nc2cc(C)ccc21.COC=O. The third-order valence-electron chi connectivity index (χ3n) is 3.63. The summed E-state index contributed by atoms with van der Waals surface area (Å²) in [4.78, 5) is 14.8. The molecule has 26 heavy (non-hydrogen) atoms. The Kier molecular flexibility index (Phi) is 7.97. The van der Waals surface area contributed by atoms with Gasteiger partial charge in [0.15, 0.2) is 0 Å². The highest BCUT2D eigenvalue weighted by Gasteiger charge is 2.09. The molecule has 3 aromatic rings. The number of rotatable bonds is 6. The number of nitrogens with one attached hydrogen (secondary N) is 1. The minimum Gasteiger partial charge on any atom is -0.471 e. The zero-order valence-electron chi connectivity index (χ0n) is 15.0. The molecule has 1 aromatic heterocycles. The fraction of sp³-hybridized carbons (Fsp3) is 0.263. The van der Waals surface area contributed by atoms with E-state index in [-0.39, 0.29) is 0 Å². The average Bonchev–Trinajstić information content (AvgIpc) is 3.00.